The van der Waals surface area contributed by atoms with Crippen LogP contribution in [0.1, 0.15) is 35.2 Å². The molecule has 0 aliphatic rings. The van der Waals surface area contributed by atoms with Crippen molar-refractivity contribution in [3.8, 4) is 61.7 Å². The van der Waals surface area contributed by atoms with Gasteiger partial charge in [-0.25, -0.2) is 9.97 Å². The lowest BCUT2D eigenvalue weighted by atomic mass is 9.85. The van der Waals surface area contributed by atoms with Gasteiger partial charge in [0.15, 0.2) is 5.82 Å². The number of para-hydroxylation sites is 1. The van der Waals surface area contributed by atoms with Crippen LogP contribution in [0.4, 0.5) is 0 Å². The zero-order valence-electron chi connectivity index (χ0n) is 33.5. The highest BCUT2D eigenvalue weighted by atomic mass is 15.0. The first-order chi connectivity index (χ1) is 29.0. The van der Waals surface area contributed by atoms with E-state index < -0.39 is 0 Å². The van der Waals surface area contributed by atoms with Crippen molar-refractivity contribution in [1.29, 1.82) is 0 Å². The summed E-state index contributed by atoms with van der Waals surface area (Å²) in [4.78, 5) is 10.5. The average molecular weight is 758 g/mol. The molecule has 10 aromatic rings. The smallest absolute Gasteiger partial charge is 0.160 e. The minimum Gasteiger partial charge on any atom is -0.309 e. The first kappa shape index (κ1) is 36.0. The molecule has 282 valence electrons. The van der Waals surface area contributed by atoms with Gasteiger partial charge >= 0.3 is 0 Å². The van der Waals surface area contributed by atoms with Crippen LogP contribution < -0.4 is 0 Å². The van der Waals surface area contributed by atoms with Gasteiger partial charge in [0.25, 0.3) is 0 Å². The average Bonchev–Trinajstić information content (AvgIpc) is 3.65. The van der Waals surface area contributed by atoms with Gasteiger partial charge in [-0.1, -0.05) is 183 Å². The summed E-state index contributed by atoms with van der Waals surface area (Å²) in [5, 5.41) is 2.49. The number of rotatable bonds is 8. The van der Waals surface area contributed by atoms with E-state index in [9.17, 15) is 0 Å². The third-order valence-electron chi connectivity index (χ3n) is 11.9. The topological polar surface area (TPSA) is 30.7 Å². The Balaban J connectivity index is 1.12. The fourth-order valence-corrected chi connectivity index (χ4v) is 8.93. The van der Waals surface area contributed by atoms with Gasteiger partial charge in [0.2, 0.25) is 0 Å². The Morgan fingerprint density at radius 1 is 0.424 bits per heavy atom. The van der Waals surface area contributed by atoms with Crippen LogP contribution in [0.2, 0.25) is 0 Å². The Morgan fingerprint density at radius 2 is 1.00 bits per heavy atom. The van der Waals surface area contributed by atoms with E-state index in [1.165, 1.54) is 66.3 Å². The Hall–Kier alpha value is -7.36. The van der Waals surface area contributed by atoms with Crippen molar-refractivity contribution in [2.45, 2.75) is 26.7 Å². The van der Waals surface area contributed by atoms with E-state index in [0.29, 0.717) is 0 Å². The predicted octanol–water partition coefficient (Wildman–Crippen LogP) is 14.7. The van der Waals surface area contributed by atoms with Crippen molar-refractivity contribution in [2.75, 3.05) is 0 Å². The maximum absolute atomic E-state index is 5.34. The van der Waals surface area contributed by atoms with Crippen molar-refractivity contribution < 1.29 is 0 Å². The maximum Gasteiger partial charge on any atom is 0.160 e. The van der Waals surface area contributed by atoms with Gasteiger partial charge in [0.1, 0.15) is 0 Å². The Morgan fingerprint density at radius 3 is 1.75 bits per heavy atom. The van der Waals surface area contributed by atoms with Crippen molar-refractivity contribution in [3.05, 3.63) is 223 Å². The molecule has 8 aromatic carbocycles. The van der Waals surface area contributed by atoms with E-state index in [-0.39, 0.29) is 5.92 Å². The molecule has 0 aliphatic carbocycles. The molecule has 0 saturated heterocycles. The molecule has 0 bridgehead atoms. The van der Waals surface area contributed by atoms with Gasteiger partial charge in [-0.15, -0.1) is 0 Å². The molecule has 0 spiro atoms. The van der Waals surface area contributed by atoms with E-state index in [4.69, 9.17) is 9.97 Å². The summed E-state index contributed by atoms with van der Waals surface area (Å²) in [6, 6.07) is 71.6. The van der Waals surface area contributed by atoms with Crippen LogP contribution in [0.5, 0.6) is 0 Å². The van der Waals surface area contributed by atoms with Crippen molar-refractivity contribution in [3.63, 3.8) is 0 Å². The number of fused-ring (bicyclic) bond motifs is 3. The number of benzene rings is 8. The normalized spacial score (nSPS) is 11.9. The van der Waals surface area contributed by atoms with Gasteiger partial charge in [-0.05, 0) is 88.2 Å². The Bertz CT molecular complexity index is 3130. The monoisotopic (exact) mass is 757 g/mol. The molecule has 0 radical (unpaired) electrons. The first-order valence-corrected chi connectivity index (χ1v) is 20.4. The maximum atomic E-state index is 5.34. The highest BCUT2D eigenvalue weighted by Crippen LogP contribution is 2.42. The van der Waals surface area contributed by atoms with Crippen LogP contribution in [0.3, 0.4) is 0 Å². The number of hydrogen-bond acceptors (Lipinski definition) is 2. The minimum absolute atomic E-state index is 0.0107. The van der Waals surface area contributed by atoms with E-state index in [2.05, 4.69) is 219 Å². The highest BCUT2D eigenvalue weighted by Gasteiger charge is 2.24. The molecule has 10 rings (SSSR count). The molecule has 3 heteroatoms. The number of nitrogens with zero attached hydrogens (tertiary/aromatic N) is 3. The third-order valence-corrected chi connectivity index (χ3v) is 11.9. The fraction of sp³-hybridized carbons (Fsp3) is 0.0714. The molecule has 0 amide bonds. The van der Waals surface area contributed by atoms with Crippen molar-refractivity contribution in [2.24, 2.45) is 0 Å². The molecule has 59 heavy (non-hydrogen) atoms. The Labute approximate surface area is 346 Å². The molecule has 0 fully saturated rings. The lowest BCUT2D eigenvalue weighted by Crippen LogP contribution is -2.08. The van der Waals surface area contributed by atoms with Crippen molar-refractivity contribution in [1.82, 2.24) is 14.5 Å². The number of aryl methyl sites for hydroxylation is 1. The third kappa shape index (κ3) is 6.51. The van der Waals surface area contributed by atoms with E-state index >= 15 is 0 Å². The lowest BCUT2D eigenvalue weighted by molar-refractivity contribution is 0.851. The summed E-state index contributed by atoms with van der Waals surface area (Å²) in [5.41, 5.74) is 18.5. The predicted molar refractivity (Wildman–Crippen MR) is 247 cm³/mol. The molecule has 3 nitrogen and oxygen atoms in total. The molecule has 1 atom stereocenters. The van der Waals surface area contributed by atoms with Gasteiger partial charge in [-0.3, -0.25) is 0 Å². The zero-order valence-corrected chi connectivity index (χ0v) is 33.5. The summed E-state index contributed by atoms with van der Waals surface area (Å²) in [6.45, 7) is 6.76. The summed E-state index contributed by atoms with van der Waals surface area (Å²) in [6.07, 6.45) is 0. The number of hydrogen-bond donors (Lipinski definition) is 0. The number of aromatic nitrogens is 3. The van der Waals surface area contributed by atoms with Crippen LogP contribution in [-0.4, -0.2) is 14.5 Å². The second kappa shape index (κ2) is 15.2. The van der Waals surface area contributed by atoms with Gasteiger partial charge in [0, 0.05) is 33.5 Å². The second-order valence-electron chi connectivity index (χ2n) is 15.4. The van der Waals surface area contributed by atoms with Gasteiger partial charge in [-0.2, -0.15) is 0 Å². The largest absolute Gasteiger partial charge is 0.309 e. The summed E-state index contributed by atoms with van der Waals surface area (Å²) in [7, 11) is 0. The van der Waals surface area contributed by atoms with Crippen LogP contribution >= 0.6 is 0 Å². The zero-order chi connectivity index (χ0) is 39.9. The van der Waals surface area contributed by atoms with E-state index in [0.717, 1.165) is 39.6 Å². The van der Waals surface area contributed by atoms with Gasteiger partial charge < -0.3 is 4.57 Å². The lowest BCUT2D eigenvalue weighted by Gasteiger charge is -2.22. The molecule has 0 saturated carbocycles. The first-order valence-electron chi connectivity index (χ1n) is 20.4. The summed E-state index contributed by atoms with van der Waals surface area (Å²) >= 11 is 0. The summed E-state index contributed by atoms with van der Waals surface area (Å²) < 4.78 is 2.47. The van der Waals surface area contributed by atoms with E-state index in [1.807, 2.05) is 6.07 Å². The molecule has 1 unspecified atom stereocenters. The van der Waals surface area contributed by atoms with Crippen molar-refractivity contribution >= 4 is 21.8 Å². The Kier molecular flexibility index (Phi) is 9.27. The van der Waals surface area contributed by atoms with Crippen LogP contribution in [0.15, 0.2) is 200 Å². The molecular formula is C56H43N3. The van der Waals surface area contributed by atoms with Crippen LogP contribution in [-0.2, 0) is 0 Å². The quantitative estimate of drug-likeness (QED) is 0.155. The molecule has 2 aromatic heterocycles. The van der Waals surface area contributed by atoms with E-state index in [1.54, 1.807) is 0 Å². The highest BCUT2D eigenvalue weighted by molar-refractivity contribution is 6.11. The molecule has 0 N–H and O–H groups in total. The molecular weight excluding hydrogens is 715 g/mol. The summed E-state index contributed by atoms with van der Waals surface area (Å²) in [5.74, 6) is 0.730. The SMILES string of the molecule is Cc1c(-c2ccccc2)nc(-c2ccccc2)nc1C(C)c1ccccc1-c1ccc2c3ccccc3n(-c3cccc(-c4cccc(-c5ccccc5)c4)c3)c2c1C. The fourth-order valence-electron chi connectivity index (χ4n) is 8.93. The van der Waals surface area contributed by atoms with Crippen LogP contribution in [0, 0.1) is 13.8 Å². The minimum atomic E-state index is -0.0107. The standard InChI is InChI=1S/C56H43N3/c1-37(53-39(3)54(41-21-9-5-10-22-41)58-56(57-53)42-23-11-6-12-24-42)47-29-13-14-30-49(47)48-33-34-51-50-31-15-16-32-52(50)59(55(51)38(48)2)46-28-18-27-45(36-46)44-26-17-25-43(35-44)40-19-7-4-8-20-40/h4-37H,1-3H3. The second-order valence-corrected chi connectivity index (χ2v) is 15.4. The van der Waals surface area contributed by atoms with Gasteiger partial charge in [0.05, 0.1) is 22.4 Å². The molecule has 2 heterocycles. The molecule has 0 aliphatic heterocycles. The van der Waals surface area contributed by atoms with Crippen LogP contribution in [0.25, 0.3) is 83.5 Å².